The zero-order chi connectivity index (χ0) is 15.4. The lowest BCUT2D eigenvalue weighted by Crippen LogP contribution is -2.26. The second-order valence-corrected chi connectivity index (χ2v) is 7.62. The Morgan fingerprint density at radius 3 is 2.81 bits per heavy atom. The average molecular weight is 368 g/mol. The Hall–Kier alpha value is -1.40. The van der Waals surface area contributed by atoms with Crippen LogP contribution < -0.4 is 11.1 Å². The number of pyridine rings is 1. The summed E-state index contributed by atoms with van der Waals surface area (Å²) in [6.45, 7) is 4.65. The summed E-state index contributed by atoms with van der Waals surface area (Å²) in [4.78, 5) is 17.6. The average Bonchev–Trinajstić information content (AvgIpc) is 2.83. The number of thiophene rings is 1. The third-order valence-electron chi connectivity index (χ3n) is 3.00. The van der Waals surface area contributed by atoms with E-state index in [9.17, 15) is 4.79 Å². The molecule has 4 nitrogen and oxygen atoms in total. The number of hydrogen-bond acceptors (Lipinski definition) is 4. The Bertz CT molecular complexity index is 640. The standard InChI is InChI=1S/C15H18BrN3OS/c1-9(2)12-7-10(8-14(17)19-12)15(20)18-6-5-11-3-4-13(16)21-11/h3-4,7-9H,5-6H2,1-2H3,(H2,17,19)(H,18,20). The highest BCUT2D eigenvalue weighted by atomic mass is 79.9. The maximum absolute atomic E-state index is 12.2. The van der Waals surface area contributed by atoms with Gasteiger partial charge >= 0.3 is 0 Å². The van der Waals surface area contributed by atoms with Gasteiger partial charge in [-0.25, -0.2) is 4.98 Å². The predicted octanol–water partition coefficient (Wildman–Crippen LogP) is 3.58. The molecule has 0 radical (unpaired) electrons. The molecule has 0 atom stereocenters. The molecule has 0 saturated carbocycles. The van der Waals surface area contributed by atoms with Gasteiger partial charge in [-0.15, -0.1) is 11.3 Å². The highest BCUT2D eigenvalue weighted by Gasteiger charge is 2.10. The number of carbonyl (C=O) groups excluding carboxylic acids is 1. The number of hydrogen-bond donors (Lipinski definition) is 2. The molecule has 2 heterocycles. The summed E-state index contributed by atoms with van der Waals surface area (Å²) in [6, 6.07) is 7.49. The van der Waals surface area contributed by atoms with Crippen LogP contribution in [0, 0.1) is 0 Å². The van der Waals surface area contributed by atoms with Crippen molar-refractivity contribution in [3.05, 3.63) is 44.2 Å². The molecule has 0 saturated heterocycles. The third kappa shape index (κ3) is 4.54. The number of anilines is 1. The van der Waals surface area contributed by atoms with E-state index in [2.05, 4.69) is 32.3 Å². The van der Waals surface area contributed by atoms with Gasteiger partial charge in [0.1, 0.15) is 5.82 Å². The lowest BCUT2D eigenvalue weighted by Gasteiger charge is -2.09. The number of nitrogens with zero attached hydrogens (tertiary/aromatic N) is 1. The van der Waals surface area contributed by atoms with Gasteiger partial charge in [-0.05, 0) is 52.5 Å². The van der Waals surface area contributed by atoms with Gasteiger partial charge in [-0.2, -0.15) is 0 Å². The van der Waals surface area contributed by atoms with Crippen molar-refractivity contribution in [2.75, 3.05) is 12.3 Å². The summed E-state index contributed by atoms with van der Waals surface area (Å²) >= 11 is 5.11. The van der Waals surface area contributed by atoms with Crippen LogP contribution in [0.5, 0.6) is 0 Å². The van der Waals surface area contributed by atoms with Gasteiger partial charge in [0.25, 0.3) is 5.91 Å². The predicted molar refractivity (Wildman–Crippen MR) is 90.8 cm³/mol. The fourth-order valence-corrected chi connectivity index (χ4v) is 3.37. The van der Waals surface area contributed by atoms with Crippen molar-refractivity contribution in [1.29, 1.82) is 0 Å². The molecule has 112 valence electrons. The molecular formula is C15H18BrN3OS. The highest BCUT2D eigenvalue weighted by molar-refractivity contribution is 9.11. The van der Waals surface area contributed by atoms with E-state index in [-0.39, 0.29) is 11.8 Å². The largest absolute Gasteiger partial charge is 0.384 e. The molecule has 0 aliphatic heterocycles. The zero-order valence-corrected chi connectivity index (χ0v) is 14.4. The van der Waals surface area contributed by atoms with Crippen LogP contribution in [0.4, 0.5) is 5.82 Å². The molecule has 0 unspecified atom stereocenters. The summed E-state index contributed by atoms with van der Waals surface area (Å²) in [7, 11) is 0. The van der Waals surface area contributed by atoms with E-state index in [1.807, 2.05) is 19.9 Å². The van der Waals surface area contributed by atoms with E-state index in [1.165, 1.54) is 4.88 Å². The molecule has 0 aromatic carbocycles. The van der Waals surface area contributed by atoms with Crippen molar-refractivity contribution in [3.8, 4) is 0 Å². The minimum Gasteiger partial charge on any atom is -0.384 e. The first kappa shape index (κ1) is 16.0. The summed E-state index contributed by atoms with van der Waals surface area (Å²) in [5.74, 6) is 0.513. The third-order valence-corrected chi connectivity index (χ3v) is 4.69. The molecule has 2 aromatic rings. The lowest BCUT2D eigenvalue weighted by molar-refractivity contribution is 0.0954. The first-order valence-corrected chi connectivity index (χ1v) is 8.36. The Balaban J connectivity index is 1.96. The Kier molecular flexibility index (Phi) is 5.36. The quantitative estimate of drug-likeness (QED) is 0.848. The minimum absolute atomic E-state index is 0.110. The molecule has 3 N–H and O–H groups in total. The van der Waals surface area contributed by atoms with Gasteiger partial charge in [0.2, 0.25) is 0 Å². The van der Waals surface area contributed by atoms with E-state index >= 15 is 0 Å². The van der Waals surface area contributed by atoms with E-state index in [1.54, 1.807) is 23.5 Å². The number of nitrogen functional groups attached to an aromatic ring is 1. The maximum Gasteiger partial charge on any atom is 0.251 e. The highest BCUT2D eigenvalue weighted by Crippen LogP contribution is 2.22. The van der Waals surface area contributed by atoms with Crippen molar-refractivity contribution in [2.24, 2.45) is 0 Å². The monoisotopic (exact) mass is 367 g/mol. The number of carbonyl (C=O) groups is 1. The second-order valence-electron chi connectivity index (χ2n) is 5.07. The molecule has 21 heavy (non-hydrogen) atoms. The van der Waals surface area contributed by atoms with Crippen LogP contribution in [0.1, 0.15) is 40.7 Å². The molecule has 0 spiro atoms. The number of halogens is 1. The number of nitrogens with two attached hydrogens (primary N) is 1. The van der Waals surface area contributed by atoms with Gasteiger partial charge in [0.15, 0.2) is 0 Å². The maximum atomic E-state index is 12.2. The minimum atomic E-state index is -0.110. The first-order valence-electron chi connectivity index (χ1n) is 6.75. The molecule has 0 aliphatic rings. The lowest BCUT2D eigenvalue weighted by atomic mass is 10.1. The first-order chi connectivity index (χ1) is 9.95. The van der Waals surface area contributed by atoms with E-state index in [0.29, 0.717) is 17.9 Å². The Morgan fingerprint density at radius 2 is 2.19 bits per heavy atom. The van der Waals surface area contributed by atoms with Crippen molar-refractivity contribution in [3.63, 3.8) is 0 Å². The molecule has 0 bridgehead atoms. The Labute approximate surface area is 136 Å². The van der Waals surface area contributed by atoms with E-state index < -0.39 is 0 Å². The number of nitrogens with one attached hydrogen (secondary N) is 1. The molecule has 2 aromatic heterocycles. The van der Waals surface area contributed by atoms with Crippen molar-refractivity contribution >= 4 is 39.0 Å². The second kappa shape index (κ2) is 7.04. The molecule has 1 amide bonds. The van der Waals surface area contributed by atoms with Gasteiger partial charge in [0, 0.05) is 22.7 Å². The van der Waals surface area contributed by atoms with Crippen LogP contribution in [-0.2, 0) is 6.42 Å². The van der Waals surface area contributed by atoms with Crippen LogP contribution in [-0.4, -0.2) is 17.4 Å². The summed E-state index contributed by atoms with van der Waals surface area (Å²) < 4.78 is 1.10. The molecule has 0 fully saturated rings. The van der Waals surface area contributed by atoms with Crippen LogP contribution in [0.25, 0.3) is 0 Å². The van der Waals surface area contributed by atoms with Crippen LogP contribution in [0.3, 0.4) is 0 Å². The van der Waals surface area contributed by atoms with Crippen LogP contribution >= 0.6 is 27.3 Å². The smallest absolute Gasteiger partial charge is 0.251 e. The van der Waals surface area contributed by atoms with Crippen molar-refractivity contribution in [2.45, 2.75) is 26.2 Å². The fraction of sp³-hybridized carbons (Fsp3) is 0.333. The van der Waals surface area contributed by atoms with Crippen LogP contribution in [0.2, 0.25) is 0 Å². The molecule has 6 heteroatoms. The fourth-order valence-electron chi connectivity index (χ4n) is 1.89. The summed E-state index contributed by atoms with van der Waals surface area (Å²) in [6.07, 6.45) is 0.819. The number of amides is 1. The van der Waals surface area contributed by atoms with Crippen LogP contribution in [0.15, 0.2) is 28.1 Å². The molecule has 0 aliphatic carbocycles. The Morgan fingerprint density at radius 1 is 1.43 bits per heavy atom. The van der Waals surface area contributed by atoms with Crippen molar-refractivity contribution < 1.29 is 4.79 Å². The topological polar surface area (TPSA) is 68.0 Å². The molecular weight excluding hydrogens is 350 g/mol. The normalized spacial score (nSPS) is 10.9. The van der Waals surface area contributed by atoms with Gasteiger partial charge in [-0.3, -0.25) is 4.79 Å². The summed E-state index contributed by atoms with van der Waals surface area (Å²) in [5, 5.41) is 2.92. The number of rotatable bonds is 5. The van der Waals surface area contributed by atoms with Gasteiger partial charge in [0.05, 0.1) is 3.79 Å². The van der Waals surface area contributed by atoms with Gasteiger partial charge < -0.3 is 11.1 Å². The SMILES string of the molecule is CC(C)c1cc(C(=O)NCCc2ccc(Br)s2)cc(N)n1. The van der Waals surface area contributed by atoms with E-state index in [4.69, 9.17) is 5.73 Å². The van der Waals surface area contributed by atoms with E-state index in [0.717, 1.165) is 15.9 Å². The molecule has 2 rings (SSSR count). The summed E-state index contributed by atoms with van der Waals surface area (Å²) in [5.41, 5.74) is 7.17. The van der Waals surface area contributed by atoms with Crippen molar-refractivity contribution in [1.82, 2.24) is 10.3 Å². The zero-order valence-electron chi connectivity index (χ0n) is 12.0. The van der Waals surface area contributed by atoms with Gasteiger partial charge in [-0.1, -0.05) is 13.8 Å². The number of aromatic nitrogens is 1.